The summed E-state index contributed by atoms with van der Waals surface area (Å²) in [6.45, 7) is 2.46. The van der Waals surface area contributed by atoms with Crippen LogP contribution in [0.2, 0.25) is 0 Å². The molecule has 1 heterocycles. The van der Waals surface area contributed by atoms with E-state index in [4.69, 9.17) is 0 Å². The Balaban J connectivity index is 2.22. The van der Waals surface area contributed by atoms with Gasteiger partial charge in [-0.3, -0.25) is 0 Å². The molecule has 0 bridgehead atoms. The summed E-state index contributed by atoms with van der Waals surface area (Å²) in [6, 6.07) is 6.34. The molecule has 0 radical (unpaired) electrons. The molecule has 0 amide bonds. The van der Waals surface area contributed by atoms with Crippen LogP contribution < -0.4 is 0 Å². The molecule has 0 aliphatic heterocycles. The number of aryl methyl sites for hydroxylation is 1. The average Bonchev–Trinajstić information content (AvgIpc) is 2.53. The third-order valence-corrected chi connectivity index (χ3v) is 3.06. The van der Waals surface area contributed by atoms with Gasteiger partial charge in [0.1, 0.15) is 10.4 Å². The van der Waals surface area contributed by atoms with Gasteiger partial charge >= 0.3 is 0 Å². The second kappa shape index (κ2) is 4.10. The van der Waals surface area contributed by atoms with Crippen LogP contribution in [0.25, 0.3) is 0 Å². The Morgan fingerprint density at radius 2 is 2.00 bits per heavy atom. The van der Waals surface area contributed by atoms with Gasteiger partial charge in [0, 0.05) is 0 Å². The van der Waals surface area contributed by atoms with Gasteiger partial charge in [-0.25, -0.2) is 9.07 Å². The van der Waals surface area contributed by atoms with Gasteiger partial charge in [-0.15, -0.1) is 5.10 Å². The van der Waals surface area contributed by atoms with E-state index in [1.54, 1.807) is 16.8 Å². The van der Waals surface area contributed by atoms with Gasteiger partial charge in [0.2, 0.25) is 0 Å². The molecule has 1 aromatic heterocycles. The minimum Gasteiger partial charge on any atom is -0.234 e. The summed E-state index contributed by atoms with van der Waals surface area (Å²) >= 11 is 3.39. The monoisotopic (exact) mass is 269 g/mol. The molecule has 3 nitrogen and oxygen atoms in total. The number of halogens is 2. The van der Waals surface area contributed by atoms with Gasteiger partial charge in [0.05, 0.1) is 12.2 Å². The molecule has 15 heavy (non-hydrogen) atoms. The van der Waals surface area contributed by atoms with Crippen molar-refractivity contribution in [2.75, 3.05) is 0 Å². The van der Waals surface area contributed by atoms with Crippen LogP contribution in [-0.4, -0.2) is 15.0 Å². The molecule has 0 saturated carbocycles. The van der Waals surface area contributed by atoms with Crippen LogP contribution in [0.5, 0.6) is 0 Å². The first-order chi connectivity index (χ1) is 7.16. The van der Waals surface area contributed by atoms with Gasteiger partial charge in [-0.1, -0.05) is 17.3 Å². The highest BCUT2D eigenvalue weighted by atomic mass is 79.9. The maximum Gasteiger partial charge on any atom is 0.127 e. The quantitative estimate of drug-likeness (QED) is 0.839. The van der Waals surface area contributed by atoms with Gasteiger partial charge in [-0.2, -0.15) is 0 Å². The number of hydrogen-bond donors (Lipinski definition) is 0. The number of nitrogens with zero attached hydrogens (tertiary/aromatic N) is 3. The van der Waals surface area contributed by atoms with E-state index in [2.05, 4.69) is 26.2 Å². The molecule has 5 heteroatoms. The smallest absolute Gasteiger partial charge is 0.127 e. The van der Waals surface area contributed by atoms with E-state index in [1.165, 1.54) is 12.1 Å². The highest BCUT2D eigenvalue weighted by Gasteiger charge is 2.05. The van der Waals surface area contributed by atoms with Crippen LogP contribution in [0.15, 0.2) is 28.9 Å². The van der Waals surface area contributed by atoms with Crippen molar-refractivity contribution in [1.82, 2.24) is 15.0 Å². The third kappa shape index (κ3) is 2.23. The summed E-state index contributed by atoms with van der Waals surface area (Å²) < 4.78 is 15.2. The van der Waals surface area contributed by atoms with Gasteiger partial charge in [0.15, 0.2) is 0 Å². The van der Waals surface area contributed by atoms with Crippen LogP contribution in [0.1, 0.15) is 11.3 Å². The fraction of sp³-hybridized carbons (Fsp3) is 0.200. The van der Waals surface area contributed by atoms with Crippen molar-refractivity contribution in [3.8, 4) is 0 Å². The first-order valence-corrected chi connectivity index (χ1v) is 5.26. The lowest BCUT2D eigenvalue weighted by Crippen LogP contribution is -2.02. The molecule has 0 aliphatic carbocycles. The predicted octanol–water partition coefficient (Wildman–Crippen LogP) is 2.54. The van der Waals surface area contributed by atoms with Crippen molar-refractivity contribution in [2.24, 2.45) is 0 Å². The van der Waals surface area contributed by atoms with Crippen molar-refractivity contribution < 1.29 is 4.39 Å². The van der Waals surface area contributed by atoms with E-state index < -0.39 is 0 Å². The third-order valence-electron chi connectivity index (χ3n) is 2.07. The Morgan fingerprint density at radius 3 is 2.53 bits per heavy atom. The fourth-order valence-corrected chi connectivity index (χ4v) is 1.53. The molecule has 78 valence electrons. The fourth-order valence-electron chi connectivity index (χ4n) is 1.25. The molecule has 0 aliphatic rings. The highest BCUT2D eigenvalue weighted by molar-refractivity contribution is 9.10. The standard InChI is InChI=1S/C10H9BrFN3/c1-7-10(11)15(14-13-7)6-8-2-4-9(12)5-3-8/h2-5H,6H2,1H3. The summed E-state index contributed by atoms with van der Waals surface area (Å²) in [5, 5.41) is 7.88. The van der Waals surface area contributed by atoms with E-state index in [9.17, 15) is 4.39 Å². The Morgan fingerprint density at radius 1 is 1.33 bits per heavy atom. The van der Waals surface area contributed by atoms with E-state index in [0.717, 1.165) is 15.9 Å². The lowest BCUT2D eigenvalue weighted by atomic mass is 10.2. The highest BCUT2D eigenvalue weighted by Crippen LogP contribution is 2.14. The van der Waals surface area contributed by atoms with E-state index >= 15 is 0 Å². The van der Waals surface area contributed by atoms with Crippen LogP contribution in [0, 0.1) is 12.7 Å². The molecular formula is C10H9BrFN3. The van der Waals surface area contributed by atoms with Gasteiger partial charge in [0.25, 0.3) is 0 Å². The number of rotatable bonds is 2. The number of hydrogen-bond acceptors (Lipinski definition) is 2. The molecule has 0 spiro atoms. The Bertz CT molecular complexity index is 464. The van der Waals surface area contributed by atoms with Gasteiger partial charge in [-0.05, 0) is 40.5 Å². The molecule has 1 aromatic carbocycles. The van der Waals surface area contributed by atoms with Crippen molar-refractivity contribution >= 4 is 15.9 Å². The van der Waals surface area contributed by atoms with E-state index in [1.807, 2.05) is 6.92 Å². The maximum atomic E-state index is 12.7. The van der Waals surface area contributed by atoms with Crippen molar-refractivity contribution in [3.63, 3.8) is 0 Å². The number of aromatic nitrogens is 3. The molecule has 0 saturated heterocycles. The Labute approximate surface area is 95.0 Å². The number of benzene rings is 1. The second-order valence-electron chi connectivity index (χ2n) is 3.25. The topological polar surface area (TPSA) is 30.7 Å². The zero-order valence-electron chi connectivity index (χ0n) is 8.11. The SMILES string of the molecule is Cc1nnn(Cc2ccc(F)cc2)c1Br. The predicted molar refractivity (Wildman–Crippen MR) is 58.0 cm³/mol. The van der Waals surface area contributed by atoms with E-state index in [0.29, 0.717) is 6.54 Å². The largest absolute Gasteiger partial charge is 0.234 e. The van der Waals surface area contributed by atoms with Crippen LogP contribution in [0.4, 0.5) is 4.39 Å². The zero-order chi connectivity index (χ0) is 10.8. The van der Waals surface area contributed by atoms with Gasteiger partial charge < -0.3 is 0 Å². The minimum absolute atomic E-state index is 0.229. The van der Waals surface area contributed by atoms with E-state index in [-0.39, 0.29) is 5.82 Å². The van der Waals surface area contributed by atoms with Crippen LogP contribution in [0.3, 0.4) is 0 Å². The molecule has 0 N–H and O–H groups in total. The van der Waals surface area contributed by atoms with Crippen LogP contribution in [-0.2, 0) is 6.54 Å². The maximum absolute atomic E-state index is 12.7. The summed E-state index contributed by atoms with van der Waals surface area (Å²) in [6.07, 6.45) is 0. The molecule has 0 atom stereocenters. The normalized spacial score (nSPS) is 10.6. The Kier molecular flexibility index (Phi) is 2.81. The molecule has 2 aromatic rings. The molecular weight excluding hydrogens is 261 g/mol. The van der Waals surface area contributed by atoms with Crippen molar-refractivity contribution in [3.05, 3.63) is 45.9 Å². The van der Waals surface area contributed by atoms with Crippen molar-refractivity contribution in [2.45, 2.75) is 13.5 Å². The lowest BCUT2D eigenvalue weighted by molar-refractivity contribution is 0.619. The first kappa shape index (κ1) is 10.3. The van der Waals surface area contributed by atoms with Crippen molar-refractivity contribution in [1.29, 1.82) is 0 Å². The minimum atomic E-state index is -0.229. The molecule has 2 rings (SSSR count). The molecule has 0 unspecified atom stereocenters. The summed E-state index contributed by atoms with van der Waals surface area (Å²) in [7, 11) is 0. The second-order valence-corrected chi connectivity index (χ2v) is 4.00. The van der Waals surface area contributed by atoms with Crippen LogP contribution >= 0.6 is 15.9 Å². The average molecular weight is 270 g/mol. The zero-order valence-corrected chi connectivity index (χ0v) is 9.70. The Hall–Kier alpha value is -1.23. The summed E-state index contributed by atoms with van der Waals surface area (Å²) in [4.78, 5) is 0. The first-order valence-electron chi connectivity index (χ1n) is 4.47. The summed E-state index contributed by atoms with van der Waals surface area (Å²) in [5.41, 5.74) is 1.83. The summed E-state index contributed by atoms with van der Waals surface area (Å²) in [5.74, 6) is -0.229. The lowest BCUT2D eigenvalue weighted by Gasteiger charge is -2.02. The molecule has 0 fully saturated rings.